The minimum Gasteiger partial charge on any atom is -0.366 e. The highest BCUT2D eigenvalue weighted by Gasteiger charge is 2.18. The van der Waals surface area contributed by atoms with E-state index in [9.17, 15) is 9.59 Å². The molecule has 6 nitrogen and oxygen atoms in total. The first kappa shape index (κ1) is 16.7. The Morgan fingerprint density at radius 1 is 1.50 bits per heavy atom. The number of hydrogen-bond donors (Lipinski definition) is 3. The summed E-state index contributed by atoms with van der Waals surface area (Å²) >= 11 is 5.96. The molecule has 7 heteroatoms. The minimum atomic E-state index is -0.587. The van der Waals surface area contributed by atoms with Gasteiger partial charge in [0, 0.05) is 44.3 Å². The maximum absolute atomic E-state index is 12.0. The summed E-state index contributed by atoms with van der Waals surface area (Å²) in [7, 11) is 0. The number of nitrogens with one attached hydrogen (secondary N) is 2. The second-order valence-corrected chi connectivity index (χ2v) is 5.85. The van der Waals surface area contributed by atoms with Gasteiger partial charge in [0.2, 0.25) is 11.8 Å². The predicted molar refractivity (Wildman–Crippen MR) is 87.1 cm³/mol. The van der Waals surface area contributed by atoms with Gasteiger partial charge in [0.1, 0.15) is 0 Å². The number of benzene rings is 1. The number of amides is 2. The molecule has 1 atom stereocenters. The van der Waals surface area contributed by atoms with E-state index in [1.165, 1.54) is 12.1 Å². The highest BCUT2D eigenvalue weighted by Crippen LogP contribution is 2.20. The first-order valence-electron chi connectivity index (χ1n) is 7.31. The molecule has 0 spiro atoms. The van der Waals surface area contributed by atoms with Crippen molar-refractivity contribution in [1.29, 1.82) is 0 Å². The summed E-state index contributed by atoms with van der Waals surface area (Å²) in [5, 5.41) is 6.34. The maximum atomic E-state index is 12.0. The van der Waals surface area contributed by atoms with Gasteiger partial charge in [-0.15, -0.1) is 0 Å². The molecular weight excluding hydrogens is 304 g/mol. The molecular formula is C15H21ClN4O2. The van der Waals surface area contributed by atoms with Crippen LogP contribution in [0.2, 0.25) is 5.02 Å². The fourth-order valence-electron chi connectivity index (χ4n) is 2.48. The van der Waals surface area contributed by atoms with Gasteiger partial charge in [0.15, 0.2) is 0 Å². The molecule has 2 amide bonds. The fourth-order valence-corrected chi connectivity index (χ4v) is 2.75. The van der Waals surface area contributed by atoms with Gasteiger partial charge in [-0.05, 0) is 25.1 Å². The molecule has 0 unspecified atom stereocenters. The second kappa shape index (κ2) is 7.58. The molecule has 1 aromatic rings. The van der Waals surface area contributed by atoms with Gasteiger partial charge in [-0.2, -0.15) is 0 Å². The van der Waals surface area contributed by atoms with E-state index in [4.69, 9.17) is 17.3 Å². The van der Waals surface area contributed by atoms with Gasteiger partial charge in [-0.25, -0.2) is 0 Å². The monoisotopic (exact) mass is 324 g/mol. The van der Waals surface area contributed by atoms with Crippen LogP contribution in [0, 0.1) is 0 Å². The molecule has 1 aliphatic heterocycles. The number of rotatable bonds is 5. The Balaban J connectivity index is 1.86. The smallest absolute Gasteiger partial charge is 0.250 e. The zero-order valence-corrected chi connectivity index (χ0v) is 13.3. The Bertz CT molecular complexity index is 564. The summed E-state index contributed by atoms with van der Waals surface area (Å²) in [6, 6.07) is 5.11. The summed E-state index contributed by atoms with van der Waals surface area (Å²) < 4.78 is 0. The van der Waals surface area contributed by atoms with Crippen LogP contribution >= 0.6 is 11.6 Å². The normalized spacial score (nSPS) is 18.9. The number of anilines is 1. The van der Waals surface area contributed by atoms with E-state index in [2.05, 4.69) is 22.5 Å². The minimum absolute atomic E-state index is 0.0753. The Labute approximate surface area is 135 Å². The fraction of sp³-hybridized carbons (Fsp3) is 0.467. The lowest BCUT2D eigenvalue weighted by Gasteiger charge is -2.33. The van der Waals surface area contributed by atoms with Crippen LogP contribution in [0.1, 0.15) is 23.7 Å². The summed E-state index contributed by atoms with van der Waals surface area (Å²) in [4.78, 5) is 25.4. The summed E-state index contributed by atoms with van der Waals surface area (Å²) in [5.74, 6) is -0.663. The number of carbonyl (C=O) groups is 2. The van der Waals surface area contributed by atoms with Crippen molar-refractivity contribution in [1.82, 2.24) is 10.2 Å². The van der Waals surface area contributed by atoms with Gasteiger partial charge in [0.05, 0.1) is 10.6 Å². The third-order valence-electron chi connectivity index (χ3n) is 3.78. The van der Waals surface area contributed by atoms with Crippen LogP contribution in [-0.2, 0) is 4.79 Å². The summed E-state index contributed by atoms with van der Waals surface area (Å²) in [6.07, 6.45) is 0.416. The zero-order chi connectivity index (χ0) is 16.1. The van der Waals surface area contributed by atoms with Gasteiger partial charge in [0.25, 0.3) is 0 Å². The van der Waals surface area contributed by atoms with E-state index in [1.807, 2.05) is 0 Å². The first-order chi connectivity index (χ1) is 10.5. The summed E-state index contributed by atoms with van der Waals surface area (Å²) in [6.45, 7) is 5.73. The molecule has 1 aliphatic rings. The van der Waals surface area contributed by atoms with Crippen LogP contribution in [-0.4, -0.2) is 48.9 Å². The number of nitrogens with two attached hydrogens (primary N) is 1. The zero-order valence-electron chi connectivity index (χ0n) is 12.6. The van der Waals surface area contributed by atoms with Crippen molar-refractivity contribution in [2.45, 2.75) is 19.4 Å². The molecule has 0 aliphatic carbocycles. The molecule has 0 bridgehead atoms. The number of primary amides is 1. The second-order valence-electron chi connectivity index (χ2n) is 5.45. The van der Waals surface area contributed by atoms with E-state index < -0.39 is 5.91 Å². The highest BCUT2D eigenvalue weighted by atomic mass is 35.5. The van der Waals surface area contributed by atoms with Crippen molar-refractivity contribution in [3.63, 3.8) is 0 Å². The third-order valence-corrected chi connectivity index (χ3v) is 4.10. The van der Waals surface area contributed by atoms with Gasteiger partial charge in [-0.3, -0.25) is 14.5 Å². The standard InChI is InChI=1S/C15H21ClN4O2/c1-10-9-18-5-7-20(10)6-4-14(21)19-11-2-3-12(15(17)22)13(16)8-11/h2-3,8,10,18H,4-7,9H2,1H3,(H2,17,22)(H,19,21)/t10-/m1/s1. The van der Waals surface area contributed by atoms with E-state index >= 15 is 0 Å². The molecule has 1 saturated heterocycles. The quantitative estimate of drug-likeness (QED) is 0.756. The number of hydrogen-bond acceptors (Lipinski definition) is 4. The molecule has 0 radical (unpaired) electrons. The molecule has 2 rings (SSSR count). The lowest BCUT2D eigenvalue weighted by Crippen LogP contribution is -2.50. The average Bonchev–Trinajstić information content (AvgIpc) is 2.46. The van der Waals surface area contributed by atoms with Crippen LogP contribution in [0.4, 0.5) is 5.69 Å². The number of piperazine rings is 1. The van der Waals surface area contributed by atoms with E-state index in [0.29, 0.717) is 18.2 Å². The van der Waals surface area contributed by atoms with Crippen LogP contribution in [0.25, 0.3) is 0 Å². The molecule has 1 heterocycles. The van der Waals surface area contributed by atoms with Crippen LogP contribution in [0.3, 0.4) is 0 Å². The highest BCUT2D eigenvalue weighted by molar-refractivity contribution is 6.34. The van der Waals surface area contributed by atoms with Gasteiger partial charge >= 0.3 is 0 Å². The van der Waals surface area contributed by atoms with Crippen LogP contribution in [0.15, 0.2) is 18.2 Å². The van der Waals surface area contributed by atoms with Crippen molar-refractivity contribution in [3.05, 3.63) is 28.8 Å². The third kappa shape index (κ3) is 4.43. The van der Waals surface area contributed by atoms with Gasteiger partial charge in [-0.1, -0.05) is 11.6 Å². The van der Waals surface area contributed by atoms with Crippen molar-refractivity contribution in [2.24, 2.45) is 5.73 Å². The number of nitrogens with zero attached hydrogens (tertiary/aromatic N) is 1. The Morgan fingerprint density at radius 3 is 2.91 bits per heavy atom. The van der Waals surface area contributed by atoms with E-state index in [0.717, 1.165) is 26.2 Å². The molecule has 0 saturated carbocycles. The molecule has 22 heavy (non-hydrogen) atoms. The number of carbonyl (C=O) groups excluding carboxylic acids is 2. The Kier molecular flexibility index (Phi) is 5.76. The molecule has 0 aromatic heterocycles. The van der Waals surface area contributed by atoms with Crippen molar-refractivity contribution >= 4 is 29.1 Å². The molecule has 4 N–H and O–H groups in total. The molecule has 120 valence electrons. The largest absolute Gasteiger partial charge is 0.366 e. The van der Waals surface area contributed by atoms with Crippen molar-refractivity contribution < 1.29 is 9.59 Å². The average molecular weight is 325 g/mol. The topological polar surface area (TPSA) is 87.5 Å². The maximum Gasteiger partial charge on any atom is 0.250 e. The lowest BCUT2D eigenvalue weighted by atomic mass is 10.2. The number of halogens is 1. The summed E-state index contributed by atoms with van der Waals surface area (Å²) in [5.41, 5.74) is 6.00. The van der Waals surface area contributed by atoms with E-state index in [1.54, 1.807) is 6.07 Å². The predicted octanol–water partition coefficient (Wildman–Crippen LogP) is 1.06. The van der Waals surface area contributed by atoms with Gasteiger partial charge < -0.3 is 16.4 Å². The SMILES string of the molecule is C[C@@H]1CNCCN1CCC(=O)Nc1ccc(C(N)=O)c(Cl)c1. The van der Waals surface area contributed by atoms with Crippen LogP contribution < -0.4 is 16.4 Å². The molecule has 1 aromatic carbocycles. The van der Waals surface area contributed by atoms with Crippen molar-refractivity contribution in [3.8, 4) is 0 Å². The Morgan fingerprint density at radius 2 is 2.27 bits per heavy atom. The lowest BCUT2D eigenvalue weighted by molar-refractivity contribution is -0.116. The van der Waals surface area contributed by atoms with Crippen LogP contribution in [0.5, 0.6) is 0 Å². The Hall–Kier alpha value is -1.63. The van der Waals surface area contributed by atoms with Crippen molar-refractivity contribution in [2.75, 3.05) is 31.5 Å². The first-order valence-corrected chi connectivity index (χ1v) is 7.69. The van der Waals surface area contributed by atoms with E-state index in [-0.39, 0.29) is 16.5 Å². The molecule has 1 fully saturated rings.